The third-order valence-corrected chi connectivity index (χ3v) is 5.21. The van der Waals surface area contributed by atoms with Crippen molar-refractivity contribution in [3.05, 3.63) is 56.5 Å². The van der Waals surface area contributed by atoms with Crippen molar-refractivity contribution in [2.75, 3.05) is 4.72 Å². The largest absolute Gasteiger partial charge is 0.278 e. The van der Waals surface area contributed by atoms with E-state index >= 15 is 0 Å². The van der Waals surface area contributed by atoms with Gasteiger partial charge in [0.05, 0.1) is 15.7 Å². The molecule has 0 radical (unpaired) electrons. The van der Waals surface area contributed by atoms with Gasteiger partial charge in [-0.2, -0.15) is 0 Å². The molecule has 2 aromatic rings. The van der Waals surface area contributed by atoms with Gasteiger partial charge >= 0.3 is 0 Å². The van der Waals surface area contributed by atoms with Crippen molar-refractivity contribution in [1.82, 2.24) is 0 Å². The standard InChI is InChI=1S/C13H10BrCl2NO2S/c1-8-2-5-13(11(16)6-8)20(18,19)17-12-4-3-9(14)7-10(12)15/h2-7,17H,1H3. The summed E-state index contributed by atoms with van der Waals surface area (Å²) < 4.78 is 27.8. The summed E-state index contributed by atoms with van der Waals surface area (Å²) in [6.45, 7) is 1.83. The predicted molar refractivity (Wildman–Crippen MR) is 86.1 cm³/mol. The number of halogens is 3. The van der Waals surface area contributed by atoms with Crippen molar-refractivity contribution in [1.29, 1.82) is 0 Å². The molecule has 0 heterocycles. The Kier molecular flexibility index (Phi) is 4.64. The predicted octanol–water partition coefficient (Wildman–Crippen LogP) is 4.87. The second-order valence-corrected chi connectivity index (χ2v) is 7.54. The molecule has 20 heavy (non-hydrogen) atoms. The molecule has 106 valence electrons. The lowest BCUT2D eigenvalue weighted by Gasteiger charge is -2.11. The fourth-order valence-electron chi connectivity index (χ4n) is 1.60. The molecule has 3 nitrogen and oxygen atoms in total. The summed E-state index contributed by atoms with van der Waals surface area (Å²) in [5, 5.41) is 0.469. The summed E-state index contributed by atoms with van der Waals surface area (Å²) in [4.78, 5) is 0.0174. The molecule has 7 heteroatoms. The van der Waals surface area contributed by atoms with E-state index in [-0.39, 0.29) is 9.92 Å². The van der Waals surface area contributed by atoms with E-state index in [9.17, 15) is 8.42 Å². The highest BCUT2D eigenvalue weighted by Crippen LogP contribution is 2.29. The molecule has 0 aliphatic heterocycles. The van der Waals surface area contributed by atoms with Gasteiger partial charge in [0.15, 0.2) is 0 Å². The second-order valence-electron chi connectivity index (χ2n) is 4.16. The molecule has 0 spiro atoms. The smallest absolute Gasteiger partial charge is 0.263 e. The van der Waals surface area contributed by atoms with Gasteiger partial charge < -0.3 is 0 Å². The maximum absolute atomic E-state index is 12.3. The summed E-state index contributed by atoms with van der Waals surface area (Å²) in [5.74, 6) is 0. The first kappa shape index (κ1) is 15.6. The first-order valence-electron chi connectivity index (χ1n) is 5.53. The van der Waals surface area contributed by atoms with Crippen LogP contribution in [0.25, 0.3) is 0 Å². The molecule has 0 amide bonds. The fraction of sp³-hybridized carbons (Fsp3) is 0.0769. The Labute approximate surface area is 136 Å². The maximum Gasteiger partial charge on any atom is 0.263 e. The first-order valence-corrected chi connectivity index (χ1v) is 8.57. The minimum absolute atomic E-state index is 0.0174. The SMILES string of the molecule is Cc1ccc(S(=O)(=O)Nc2ccc(Br)cc2Cl)c(Cl)c1. The van der Waals surface area contributed by atoms with Crippen molar-refractivity contribution in [2.24, 2.45) is 0 Å². The highest BCUT2D eigenvalue weighted by Gasteiger charge is 2.19. The average molecular weight is 395 g/mol. The monoisotopic (exact) mass is 393 g/mol. The van der Waals surface area contributed by atoms with Crippen LogP contribution in [0.4, 0.5) is 5.69 Å². The fourth-order valence-corrected chi connectivity index (χ4v) is 4.05. The molecule has 0 atom stereocenters. The van der Waals surface area contributed by atoms with Gasteiger partial charge in [0.25, 0.3) is 10.0 Å². The Morgan fingerprint density at radius 2 is 1.75 bits per heavy atom. The third kappa shape index (κ3) is 3.47. The number of benzene rings is 2. The van der Waals surface area contributed by atoms with Crippen LogP contribution in [-0.4, -0.2) is 8.42 Å². The van der Waals surface area contributed by atoms with Gasteiger partial charge in [0.1, 0.15) is 4.90 Å². The third-order valence-electron chi connectivity index (χ3n) is 2.55. The lowest BCUT2D eigenvalue weighted by molar-refractivity contribution is 0.601. The van der Waals surface area contributed by atoms with Crippen molar-refractivity contribution >= 4 is 54.8 Å². The van der Waals surface area contributed by atoms with Crippen molar-refractivity contribution in [3.8, 4) is 0 Å². The highest BCUT2D eigenvalue weighted by molar-refractivity contribution is 9.10. The number of hydrogen-bond acceptors (Lipinski definition) is 2. The van der Waals surface area contributed by atoms with Crippen LogP contribution < -0.4 is 4.72 Å². The zero-order chi connectivity index (χ0) is 14.9. The Morgan fingerprint density at radius 3 is 2.35 bits per heavy atom. The molecule has 0 bridgehead atoms. The van der Waals surface area contributed by atoms with Gasteiger partial charge in [0.2, 0.25) is 0 Å². The summed E-state index contributed by atoms with van der Waals surface area (Å²) in [7, 11) is -3.78. The van der Waals surface area contributed by atoms with Crippen LogP contribution in [0.3, 0.4) is 0 Å². The zero-order valence-electron chi connectivity index (χ0n) is 10.3. The number of hydrogen-bond donors (Lipinski definition) is 1. The number of nitrogens with one attached hydrogen (secondary N) is 1. The number of anilines is 1. The van der Waals surface area contributed by atoms with Gasteiger partial charge in [-0.05, 0) is 42.8 Å². The molecule has 0 unspecified atom stereocenters. The summed E-state index contributed by atoms with van der Waals surface area (Å²) in [6, 6.07) is 9.62. The van der Waals surface area contributed by atoms with Crippen molar-refractivity contribution in [3.63, 3.8) is 0 Å². The van der Waals surface area contributed by atoms with Gasteiger partial charge in [-0.1, -0.05) is 45.2 Å². The van der Waals surface area contributed by atoms with E-state index in [1.807, 2.05) is 6.92 Å². The summed E-state index contributed by atoms with van der Waals surface area (Å²) in [5.41, 5.74) is 1.18. The van der Waals surface area contributed by atoms with Crippen LogP contribution in [0.15, 0.2) is 45.8 Å². The molecule has 2 aromatic carbocycles. The quantitative estimate of drug-likeness (QED) is 0.807. The lowest BCUT2D eigenvalue weighted by Crippen LogP contribution is -2.13. The minimum Gasteiger partial charge on any atom is -0.278 e. The average Bonchev–Trinajstić information content (AvgIpc) is 2.32. The van der Waals surface area contributed by atoms with E-state index in [4.69, 9.17) is 23.2 Å². The van der Waals surface area contributed by atoms with Gasteiger partial charge in [-0.25, -0.2) is 8.42 Å². The van der Waals surface area contributed by atoms with Crippen molar-refractivity contribution in [2.45, 2.75) is 11.8 Å². The summed E-state index contributed by atoms with van der Waals surface area (Å²) >= 11 is 15.2. The number of aryl methyl sites for hydroxylation is 1. The van der Waals surface area contributed by atoms with E-state index in [2.05, 4.69) is 20.7 Å². The molecule has 0 fully saturated rings. The molecule has 0 aromatic heterocycles. The Hall–Kier alpha value is -0.750. The first-order chi connectivity index (χ1) is 9.29. The minimum atomic E-state index is -3.78. The molecule has 1 N–H and O–H groups in total. The van der Waals surface area contributed by atoms with Crippen LogP contribution in [0.5, 0.6) is 0 Å². The van der Waals surface area contributed by atoms with Crippen molar-refractivity contribution < 1.29 is 8.42 Å². The molecular formula is C13H10BrCl2NO2S. The number of rotatable bonds is 3. The van der Waals surface area contributed by atoms with E-state index in [1.54, 1.807) is 30.3 Å². The molecule has 2 rings (SSSR count). The molecule has 0 saturated carbocycles. The maximum atomic E-state index is 12.3. The highest BCUT2D eigenvalue weighted by atomic mass is 79.9. The zero-order valence-corrected chi connectivity index (χ0v) is 14.2. The Bertz CT molecular complexity index is 763. The summed E-state index contributed by atoms with van der Waals surface area (Å²) in [6.07, 6.45) is 0. The van der Waals surface area contributed by atoms with Crippen LogP contribution in [-0.2, 0) is 10.0 Å². The number of sulfonamides is 1. The van der Waals surface area contributed by atoms with E-state index in [0.717, 1.165) is 10.0 Å². The van der Waals surface area contributed by atoms with E-state index < -0.39 is 10.0 Å². The van der Waals surface area contributed by atoms with Crippen LogP contribution in [0.1, 0.15) is 5.56 Å². The van der Waals surface area contributed by atoms with Gasteiger partial charge in [0, 0.05) is 4.47 Å². The van der Waals surface area contributed by atoms with Gasteiger partial charge in [-0.15, -0.1) is 0 Å². The topological polar surface area (TPSA) is 46.2 Å². The van der Waals surface area contributed by atoms with E-state index in [1.165, 1.54) is 6.07 Å². The Balaban J connectivity index is 2.41. The normalized spacial score (nSPS) is 11.4. The molecule has 0 aliphatic rings. The Morgan fingerprint density at radius 1 is 1.05 bits per heavy atom. The molecule has 0 aliphatic carbocycles. The van der Waals surface area contributed by atoms with Crippen LogP contribution >= 0.6 is 39.1 Å². The second kappa shape index (κ2) is 5.93. The molecule has 0 saturated heterocycles. The lowest BCUT2D eigenvalue weighted by atomic mass is 10.2. The van der Waals surface area contributed by atoms with Crippen LogP contribution in [0, 0.1) is 6.92 Å². The van der Waals surface area contributed by atoms with Crippen LogP contribution in [0.2, 0.25) is 10.0 Å². The molecular weight excluding hydrogens is 385 g/mol. The van der Waals surface area contributed by atoms with Gasteiger partial charge in [-0.3, -0.25) is 4.72 Å². The van der Waals surface area contributed by atoms with E-state index in [0.29, 0.717) is 10.7 Å².